The summed E-state index contributed by atoms with van der Waals surface area (Å²) in [6.07, 6.45) is 2.00. The van der Waals surface area contributed by atoms with Gasteiger partial charge in [0.25, 0.3) is 0 Å². The molecule has 2 atom stereocenters. The number of hydrogen-bond donors (Lipinski definition) is 1. The van der Waals surface area contributed by atoms with Crippen LogP contribution >= 0.6 is 23.4 Å². The smallest absolute Gasteiger partial charge is 0.242 e. The zero-order valence-corrected chi connectivity index (χ0v) is 21.0. The molecule has 2 amide bonds. The Bertz CT molecular complexity index is 1190. The van der Waals surface area contributed by atoms with E-state index in [1.54, 1.807) is 25.3 Å². The molecule has 9 heteroatoms. The predicted octanol–water partition coefficient (Wildman–Crippen LogP) is 4.67. The van der Waals surface area contributed by atoms with Crippen molar-refractivity contribution in [2.24, 2.45) is 0 Å². The molecule has 0 spiro atoms. The van der Waals surface area contributed by atoms with E-state index in [1.807, 2.05) is 53.8 Å². The van der Waals surface area contributed by atoms with Gasteiger partial charge >= 0.3 is 0 Å². The van der Waals surface area contributed by atoms with Crippen LogP contribution in [0.3, 0.4) is 0 Å². The molecule has 3 aromatic rings. The maximum atomic E-state index is 13.0. The highest BCUT2D eigenvalue weighted by Gasteiger charge is 2.26. The van der Waals surface area contributed by atoms with Crippen LogP contribution < -0.4 is 10.1 Å². The predicted molar refractivity (Wildman–Crippen MR) is 136 cm³/mol. The molecule has 0 radical (unpaired) electrons. The molecule has 0 aliphatic carbocycles. The van der Waals surface area contributed by atoms with Crippen molar-refractivity contribution in [2.75, 3.05) is 31.3 Å². The second-order valence-corrected chi connectivity index (χ2v) is 9.83. The van der Waals surface area contributed by atoms with E-state index >= 15 is 0 Å². The molecule has 180 valence electrons. The molecule has 0 bridgehead atoms. The number of benzene rings is 2. The van der Waals surface area contributed by atoms with Gasteiger partial charge in [-0.05, 0) is 38.1 Å². The Morgan fingerprint density at radius 3 is 2.65 bits per heavy atom. The summed E-state index contributed by atoms with van der Waals surface area (Å²) in [4.78, 5) is 28.5. The summed E-state index contributed by atoms with van der Waals surface area (Å²) in [6, 6.07) is 13.0. The van der Waals surface area contributed by atoms with Gasteiger partial charge < -0.3 is 24.3 Å². The molecule has 7 nitrogen and oxygen atoms in total. The number of anilines is 1. The first-order valence-corrected chi connectivity index (χ1v) is 12.5. The normalized spacial score (nSPS) is 18.2. The lowest BCUT2D eigenvalue weighted by molar-refractivity contribution is -0.143. The van der Waals surface area contributed by atoms with Crippen molar-refractivity contribution < 1.29 is 19.1 Å². The van der Waals surface area contributed by atoms with Gasteiger partial charge in [0, 0.05) is 40.1 Å². The van der Waals surface area contributed by atoms with E-state index in [0.29, 0.717) is 29.5 Å². The van der Waals surface area contributed by atoms with Gasteiger partial charge in [0.2, 0.25) is 11.8 Å². The Labute approximate surface area is 208 Å². The number of morpholine rings is 1. The third-order valence-corrected chi connectivity index (χ3v) is 6.90. The first-order valence-electron chi connectivity index (χ1n) is 11.1. The SMILES string of the molecule is COc1ccc(Cl)cc1NC(=O)CSc1cn(CC(=O)N2C[C@@H](C)O[C@H](C)C2)c2ccccc12. The number of rotatable bonds is 7. The number of aromatic nitrogens is 1. The molecule has 1 fully saturated rings. The molecular weight excluding hydrogens is 474 g/mol. The van der Waals surface area contributed by atoms with Gasteiger partial charge in [-0.3, -0.25) is 9.59 Å². The first-order chi connectivity index (χ1) is 16.3. The fraction of sp³-hybridized carbons (Fsp3) is 0.360. The molecule has 0 saturated carbocycles. The number of carbonyl (C=O) groups is 2. The molecule has 1 N–H and O–H groups in total. The Hall–Kier alpha value is -2.68. The van der Waals surface area contributed by atoms with E-state index in [-0.39, 0.29) is 36.3 Å². The van der Waals surface area contributed by atoms with Crippen LogP contribution in [0, 0.1) is 0 Å². The minimum Gasteiger partial charge on any atom is -0.495 e. The van der Waals surface area contributed by atoms with Gasteiger partial charge in [0.15, 0.2) is 0 Å². The Kier molecular flexibility index (Phi) is 7.70. The zero-order chi connectivity index (χ0) is 24.2. The topological polar surface area (TPSA) is 72.8 Å². The third-order valence-electron chi connectivity index (χ3n) is 5.62. The number of nitrogens with zero attached hydrogens (tertiary/aromatic N) is 2. The number of halogens is 1. The second-order valence-electron chi connectivity index (χ2n) is 8.38. The third kappa shape index (κ3) is 5.68. The van der Waals surface area contributed by atoms with Gasteiger partial charge in [-0.2, -0.15) is 0 Å². The van der Waals surface area contributed by atoms with Crippen LogP contribution in [0.15, 0.2) is 53.6 Å². The summed E-state index contributed by atoms with van der Waals surface area (Å²) in [5, 5.41) is 4.39. The number of amides is 2. The Balaban J connectivity index is 1.46. The first kappa shape index (κ1) is 24.4. The van der Waals surface area contributed by atoms with Crippen molar-refractivity contribution in [2.45, 2.75) is 37.5 Å². The lowest BCUT2D eigenvalue weighted by atomic mass is 10.2. The lowest BCUT2D eigenvalue weighted by Crippen LogP contribution is -2.49. The number of carbonyl (C=O) groups excluding carboxylic acids is 2. The molecule has 1 aliphatic heterocycles. The van der Waals surface area contributed by atoms with Crippen molar-refractivity contribution in [3.63, 3.8) is 0 Å². The van der Waals surface area contributed by atoms with Crippen molar-refractivity contribution in [3.05, 3.63) is 53.7 Å². The molecule has 2 heterocycles. The summed E-state index contributed by atoms with van der Waals surface area (Å²) in [5.41, 5.74) is 1.49. The van der Waals surface area contributed by atoms with Crippen molar-refractivity contribution >= 4 is 51.8 Å². The van der Waals surface area contributed by atoms with Crippen LogP contribution in [-0.2, 0) is 20.9 Å². The molecule has 2 aromatic carbocycles. The number of ether oxygens (including phenoxy) is 2. The van der Waals surface area contributed by atoms with Crippen LogP contribution in [0.25, 0.3) is 10.9 Å². The summed E-state index contributed by atoms with van der Waals surface area (Å²) >= 11 is 7.49. The van der Waals surface area contributed by atoms with Gasteiger partial charge in [-0.15, -0.1) is 11.8 Å². The molecule has 34 heavy (non-hydrogen) atoms. The standard InChI is InChI=1S/C25H28ClN3O4S/c1-16-11-29(12-17(2)33-16)25(31)14-28-13-23(19-6-4-5-7-21(19)28)34-15-24(30)27-20-10-18(26)8-9-22(20)32-3/h4-10,13,16-17H,11-12,14-15H2,1-3H3,(H,27,30)/t16-,17-/m1/s1. The Morgan fingerprint density at radius 2 is 1.91 bits per heavy atom. The number of fused-ring (bicyclic) bond motifs is 1. The van der Waals surface area contributed by atoms with Gasteiger partial charge in [0.1, 0.15) is 12.3 Å². The molecule has 0 unspecified atom stereocenters. The van der Waals surface area contributed by atoms with E-state index in [0.717, 1.165) is 15.8 Å². The molecular formula is C25H28ClN3O4S. The van der Waals surface area contributed by atoms with Crippen LogP contribution in [0.2, 0.25) is 5.02 Å². The van der Waals surface area contributed by atoms with E-state index < -0.39 is 0 Å². The second kappa shape index (κ2) is 10.7. The highest BCUT2D eigenvalue weighted by molar-refractivity contribution is 8.00. The number of methoxy groups -OCH3 is 1. The number of nitrogens with one attached hydrogen (secondary N) is 1. The summed E-state index contributed by atoms with van der Waals surface area (Å²) < 4.78 is 13.0. The number of thioether (sulfide) groups is 1. The number of para-hydroxylation sites is 1. The zero-order valence-electron chi connectivity index (χ0n) is 19.4. The average Bonchev–Trinajstić information content (AvgIpc) is 3.14. The summed E-state index contributed by atoms with van der Waals surface area (Å²) in [6.45, 7) is 5.40. The van der Waals surface area contributed by atoms with Gasteiger partial charge in [-0.25, -0.2) is 0 Å². The van der Waals surface area contributed by atoms with Crippen LogP contribution in [0.4, 0.5) is 5.69 Å². The lowest BCUT2D eigenvalue weighted by Gasteiger charge is -2.35. The maximum Gasteiger partial charge on any atom is 0.242 e. The highest BCUT2D eigenvalue weighted by Crippen LogP contribution is 2.31. The van der Waals surface area contributed by atoms with Crippen molar-refractivity contribution in [1.29, 1.82) is 0 Å². The molecule has 1 aromatic heterocycles. The van der Waals surface area contributed by atoms with E-state index in [4.69, 9.17) is 21.1 Å². The van der Waals surface area contributed by atoms with E-state index in [1.165, 1.54) is 11.8 Å². The maximum absolute atomic E-state index is 13.0. The fourth-order valence-electron chi connectivity index (χ4n) is 4.19. The monoisotopic (exact) mass is 501 g/mol. The largest absolute Gasteiger partial charge is 0.495 e. The summed E-state index contributed by atoms with van der Waals surface area (Å²) in [5.74, 6) is 0.639. The quantitative estimate of drug-likeness (QED) is 0.476. The number of hydrogen-bond acceptors (Lipinski definition) is 5. The molecule has 1 aliphatic rings. The average molecular weight is 502 g/mol. The van der Waals surface area contributed by atoms with Crippen LogP contribution in [-0.4, -0.2) is 59.4 Å². The summed E-state index contributed by atoms with van der Waals surface area (Å²) in [7, 11) is 1.54. The Morgan fingerprint density at radius 1 is 1.18 bits per heavy atom. The minimum atomic E-state index is -0.172. The van der Waals surface area contributed by atoms with Crippen LogP contribution in [0.5, 0.6) is 5.75 Å². The van der Waals surface area contributed by atoms with E-state index in [9.17, 15) is 9.59 Å². The highest BCUT2D eigenvalue weighted by atomic mass is 35.5. The van der Waals surface area contributed by atoms with Crippen molar-refractivity contribution in [3.8, 4) is 5.75 Å². The minimum absolute atomic E-state index is 0.0249. The van der Waals surface area contributed by atoms with Crippen molar-refractivity contribution in [1.82, 2.24) is 9.47 Å². The van der Waals surface area contributed by atoms with Gasteiger partial charge in [0.05, 0.1) is 30.8 Å². The van der Waals surface area contributed by atoms with E-state index in [2.05, 4.69) is 5.32 Å². The fourth-order valence-corrected chi connectivity index (χ4v) is 5.25. The van der Waals surface area contributed by atoms with Crippen LogP contribution in [0.1, 0.15) is 13.8 Å². The van der Waals surface area contributed by atoms with Gasteiger partial charge in [-0.1, -0.05) is 29.8 Å². The molecule has 1 saturated heterocycles. The molecule has 4 rings (SSSR count).